The lowest BCUT2D eigenvalue weighted by Crippen LogP contribution is -2.31. The van der Waals surface area contributed by atoms with Gasteiger partial charge in [0.1, 0.15) is 5.56 Å². The van der Waals surface area contributed by atoms with Crippen molar-refractivity contribution in [3.05, 3.63) is 80.1 Å². The normalized spacial score (nSPS) is 11.1. The number of nitrogens with zero attached hydrogens (tertiary/aromatic N) is 3. The molecule has 25 heavy (non-hydrogen) atoms. The van der Waals surface area contributed by atoms with Crippen LogP contribution in [0.2, 0.25) is 0 Å². The fourth-order valence-corrected chi connectivity index (χ4v) is 2.40. The number of pyridine rings is 1. The highest BCUT2D eigenvalue weighted by molar-refractivity contribution is 5.84. The number of aliphatic imine (C=N–C) groups is 1. The average Bonchev–Trinajstić information content (AvgIpc) is 2.58. The first-order valence-electron chi connectivity index (χ1n) is 7.58. The molecule has 0 fully saturated rings. The molecule has 0 saturated carbocycles. The number of rotatable bonds is 3. The molecule has 2 N–H and O–H groups in total. The molecule has 0 saturated heterocycles. The van der Waals surface area contributed by atoms with Crippen molar-refractivity contribution < 1.29 is 5.11 Å². The monoisotopic (exact) mass is 336 g/mol. The van der Waals surface area contributed by atoms with Gasteiger partial charge < -0.3 is 5.11 Å². The molecule has 0 amide bonds. The minimum atomic E-state index is -0.719. The summed E-state index contributed by atoms with van der Waals surface area (Å²) in [6, 6.07) is 10.6. The number of nitrogens with one attached hydrogen (secondary N) is 1. The molecule has 0 aliphatic heterocycles. The Bertz CT molecular complexity index is 1070. The van der Waals surface area contributed by atoms with Gasteiger partial charge in [0.2, 0.25) is 5.88 Å². The highest BCUT2D eigenvalue weighted by Gasteiger charge is 2.15. The lowest BCUT2D eigenvalue weighted by atomic mass is 10.1. The van der Waals surface area contributed by atoms with Crippen molar-refractivity contribution in [1.82, 2.24) is 14.5 Å². The number of aryl methyl sites for hydroxylation is 2. The van der Waals surface area contributed by atoms with E-state index in [9.17, 15) is 14.7 Å². The number of aromatic nitrogens is 3. The van der Waals surface area contributed by atoms with E-state index in [4.69, 9.17) is 0 Å². The molecule has 0 spiro atoms. The van der Waals surface area contributed by atoms with Crippen LogP contribution in [0.5, 0.6) is 5.88 Å². The van der Waals surface area contributed by atoms with Gasteiger partial charge in [-0.1, -0.05) is 18.2 Å². The molecular weight excluding hydrogens is 320 g/mol. The number of hydrogen-bond acceptors (Lipinski definition) is 5. The molecule has 0 radical (unpaired) electrons. The van der Waals surface area contributed by atoms with E-state index in [0.717, 1.165) is 15.7 Å². The van der Waals surface area contributed by atoms with E-state index in [2.05, 4.69) is 15.0 Å². The van der Waals surface area contributed by atoms with E-state index in [1.807, 2.05) is 26.0 Å². The van der Waals surface area contributed by atoms with Crippen molar-refractivity contribution in [3.8, 4) is 11.6 Å². The zero-order chi connectivity index (χ0) is 18.0. The Hall–Kier alpha value is -3.48. The molecule has 0 unspecified atom stereocenters. The number of aromatic hydroxyl groups is 1. The molecule has 0 atom stereocenters. The Labute approximate surface area is 143 Å². The topological polar surface area (TPSA) is 100 Å². The number of H-pyrrole nitrogens is 1. The van der Waals surface area contributed by atoms with E-state index in [0.29, 0.717) is 11.5 Å². The standard InChI is InChI=1S/C18H16N4O3/c1-11-6-7-12(2)14(9-11)22-17(24)13(16(23)21-18(22)25)10-20-15-5-3-4-8-19-15/h3-10,24H,1-2H3,(H,21,23,25). The fraction of sp³-hybridized carbons (Fsp3) is 0.111. The van der Waals surface area contributed by atoms with Gasteiger partial charge >= 0.3 is 5.69 Å². The summed E-state index contributed by atoms with van der Waals surface area (Å²) in [6.45, 7) is 3.69. The van der Waals surface area contributed by atoms with Crippen molar-refractivity contribution in [2.24, 2.45) is 4.99 Å². The van der Waals surface area contributed by atoms with Gasteiger partial charge in [0.15, 0.2) is 5.82 Å². The SMILES string of the molecule is Cc1ccc(C)c(-n2c(O)c(C=Nc3ccccn3)c(=O)[nH]c2=O)c1. The van der Waals surface area contributed by atoms with E-state index in [-0.39, 0.29) is 5.56 Å². The maximum Gasteiger partial charge on any atom is 0.335 e. The van der Waals surface area contributed by atoms with Crippen molar-refractivity contribution in [1.29, 1.82) is 0 Å². The molecule has 2 aromatic heterocycles. The Morgan fingerprint density at radius 1 is 1.20 bits per heavy atom. The summed E-state index contributed by atoms with van der Waals surface area (Å²) in [6.07, 6.45) is 2.76. The molecular formula is C18H16N4O3. The molecule has 3 aromatic rings. The Kier molecular flexibility index (Phi) is 4.30. The number of aromatic amines is 1. The van der Waals surface area contributed by atoms with Crippen molar-refractivity contribution in [2.45, 2.75) is 13.8 Å². The zero-order valence-electron chi connectivity index (χ0n) is 13.7. The van der Waals surface area contributed by atoms with Crippen LogP contribution in [-0.4, -0.2) is 25.9 Å². The zero-order valence-corrected chi connectivity index (χ0v) is 13.7. The second-order valence-electron chi connectivity index (χ2n) is 5.57. The second kappa shape index (κ2) is 6.56. The predicted molar refractivity (Wildman–Crippen MR) is 95.3 cm³/mol. The van der Waals surface area contributed by atoms with E-state index in [1.165, 1.54) is 6.21 Å². The molecule has 2 heterocycles. The molecule has 7 nitrogen and oxygen atoms in total. The largest absolute Gasteiger partial charge is 0.493 e. The quantitative estimate of drug-likeness (QED) is 0.714. The molecule has 0 aliphatic rings. The lowest BCUT2D eigenvalue weighted by Gasteiger charge is -2.12. The second-order valence-corrected chi connectivity index (χ2v) is 5.57. The third kappa shape index (κ3) is 3.25. The molecule has 0 aliphatic carbocycles. The maximum absolute atomic E-state index is 12.2. The van der Waals surface area contributed by atoms with Crippen LogP contribution >= 0.6 is 0 Å². The van der Waals surface area contributed by atoms with Crippen LogP contribution in [0.3, 0.4) is 0 Å². The first-order valence-corrected chi connectivity index (χ1v) is 7.58. The van der Waals surface area contributed by atoms with Gasteiger partial charge in [0.25, 0.3) is 5.56 Å². The van der Waals surface area contributed by atoms with E-state index >= 15 is 0 Å². The minimum Gasteiger partial charge on any atom is -0.493 e. The van der Waals surface area contributed by atoms with E-state index < -0.39 is 17.1 Å². The summed E-state index contributed by atoms with van der Waals surface area (Å²) in [7, 11) is 0. The van der Waals surface area contributed by atoms with Crippen LogP contribution in [0, 0.1) is 13.8 Å². The van der Waals surface area contributed by atoms with E-state index in [1.54, 1.807) is 30.5 Å². The number of hydrogen-bond donors (Lipinski definition) is 2. The fourth-order valence-electron chi connectivity index (χ4n) is 2.40. The average molecular weight is 336 g/mol. The Morgan fingerprint density at radius 3 is 2.72 bits per heavy atom. The summed E-state index contributed by atoms with van der Waals surface area (Å²) in [4.78, 5) is 34.6. The van der Waals surface area contributed by atoms with Crippen LogP contribution in [-0.2, 0) is 0 Å². The van der Waals surface area contributed by atoms with Gasteiger partial charge in [-0.2, -0.15) is 0 Å². The summed E-state index contributed by atoms with van der Waals surface area (Å²) in [5.74, 6) is -0.0899. The van der Waals surface area contributed by atoms with Crippen molar-refractivity contribution in [2.75, 3.05) is 0 Å². The molecule has 3 rings (SSSR count). The van der Waals surface area contributed by atoms with Crippen LogP contribution in [0.1, 0.15) is 16.7 Å². The molecule has 1 aromatic carbocycles. The van der Waals surface area contributed by atoms with Crippen molar-refractivity contribution in [3.63, 3.8) is 0 Å². The molecule has 7 heteroatoms. The summed E-state index contributed by atoms with van der Waals surface area (Å²) in [5, 5.41) is 10.5. The lowest BCUT2D eigenvalue weighted by molar-refractivity contribution is 0.430. The van der Waals surface area contributed by atoms with Crippen molar-refractivity contribution >= 4 is 12.0 Å². The highest BCUT2D eigenvalue weighted by Crippen LogP contribution is 2.20. The third-order valence-corrected chi connectivity index (χ3v) is 3.70. The maximum atomic E-state index is 12.2. The Balaban J connectivity index is 2.19. The van der Waals surface area contributed by atoms with Gasteiger partial charge in [-0.3, -0.25) is 9.78 Å². The summed E-state index contributed by atoms with van der Waals surface area (Å²) in [5.41, 5.74) is 0.636. The van der Waals surface area contributed by atoms with Gasteiger partial charge in [-0.15, -0.1) is 0 Å². The minimum absolute atomic E-state index is 0.119. The molecule has 126 valence electrons. The third-order valence-electron chi connectivity index (χ3n) is 3.70. The van der Waals surface area contributed by atoms with Gasteiger partial charge in [-0.05, 0) is 43.2 Å². The van der Waals surface area contributed by atoms with Crippen LogP contribution in [0.25, 0.3) is 5.69 Å². The van der Waals surface area contributed by atoms with Gasteiger partial charge in [0.05, 0.1) is 5.69 Å². The first kappa shape index (κ1) is 16.4. The summed E-state index contributed by atoms with van der Waals surface area (Å²) < 4.78 is 1.06. The van der Waals surface area contributed by atoms with Gasteiger partial charge in [0, 0.05) is 12.4 Å². The summed E-state index contributed by atoms with van der Waals surface area (Å²) >= 11 is 0. The first-order chi connectivity index (χ1) is 12.0. The van der Waals surface area contributed by atoms with Crippen LogP contribution < -0.4 is 11.2 Å². The van der Waals surface area contributed by atoms with Crippen LogP contribution in [0.15, 0.2) is 57.2 Å². The Morgan fingerprint density at radius 2 is 2.00 bits per heavy atom. The van der Waals surface area contributed by atoms with Gasteiger partial charge in [-0.25, -0.2) is 19.3 Å². The number of benzene rings is 1. The highest BCUT2D eigenvalue weighted by atomic mass is 16.3. The molecule has 0 bridgehead atoms. The smallest absolute Gasteiger partial charge is 0.335 e. The predicted octanol–water partition coefficient (Wildman–Crippen LogP) is 1.99. The van der Waals surface area contributed by atoms with Crippen LogP contribution in [0.4, 0.5) is 5.82 Å².